The van der Waals surface area contributed by atoms with Gasteiger partial charge in [0.1, 0.15) is 0 Å². The number of nitrogens with one attached hydrogen (secondary N) is 1. The Kier molecular flexibility index (Phi) is 4.04. The van der Waals surface area contributed by atoms with Gasteiger partial charge in [-0.15, -0.1) is 0 Å². The summed E-state index contributed by atoms with van der Waals surface area (Å²) in [5.41, 5.74) is 2.45. The van der Waals surface area contributed by atoms with Gasteiger partial charge in [0.2, 0.25) is 0 Å². The number of benzene rings is 1. The highest BCUT2D eigenvalue weighted by molar-refractivity contribution is 7.80. The molecule has 0 atom stereocenters. The van der Waals surface area contributed by atoms with Gasteiger partial charge in [0.15, 0.2) is 0 Å². The molecule has 0 spiro atoms. The fourth-order valence-electron chi connectivity index (χ4n) is 1.62. The van der Waals surface area contributed by atoms with Crippen LogP contribution in [-0.2, 0) is 0 Å². The van der Waals surface area contributed by atoms with Crippen molar-refractivity contribution in [2.24, 2.45) is 0 Å². The quantitative estimate of drug-likeness (QED) is 0.825. The number of nitrogens with zero attached hydrogens (tertiary/aromatic N) is 2. The first-order chi connectivity index (χ1) is 8.70. The number of aromatic nitrogens is 2. The summed E-state index contributed by atoms with van der Waals surface area (Å²) < 4.78 is 1.75. The largest absolute Gasteiger partial charge is 0.351 e. The Balaban J connectivity index is 2.22. The molecular formula is C13H15N3OS. The Bertz CT molecular complexity index is 551. The van der Waals surface area contributed by atoms with E-state index in [1.54, 1.807) is 10.7 Å². The fraction of sp³-hybridized carbons (Fsp3) is 0.231. The number of amides is 1. The van der Waals surface area contributed by atoms with Crippen LogP contribution in [0.25, 0.3) is 5.69 Å². The van der Waals surface area contributed by atoms with E-state index in [4.69, 9.17) is 0 Å². The monoisotopic (exact) mass is 261 g/mol. The van der Waals surface area contributed by atoms with Gasteiger partial charge >= 0.3 is 0 Å². The maximum absolute atomic E-state index is 11.8. The number of carbonyl (C=O) groups excluding carboxylic acids is 1. The summed E-state index contributed by atoms with van der Waals surface area (Å²) in [6.07, 6.45) is 1.88. The van der Waals surface area contributed by atoms with Gasteiger partial charge in [-0.2, -0.15) is 17.7 Å². The Morgan fingerprint density at radius 1 is 1.44 bits per heavy atom. The predicted molar refractivity (Wildman–Crippen MR) is 74.5 cm³/mol. The summed E-state index contributed by atoms with van der Waals surface area (Å²) in [4.78, 5) is 11.8. The fourth-order valence-corrected chi connectivity index (χ4v) is 1.73. The molecule has 0 aliphatic rings. The van der Waals surface area contributed by atoms with Crippen molar-refractivity contribution in [3.8, 4) is 5.69 Å². The maximum Gasteiger partial charge on any atom is 0.251 e. The second-order valence-corrected chi connectivity index (χ2v) is 4.38. The van der Waals surface area contributed by atoms with Crippen LogP contribution in [0.5, 0.6) is 0 Å². The van der Waals surface area contributed by atoms with Gasteiger partial charge in [0.25, 0.3) is 5.91 Å². The van der Waals surface area contributed by atoms with Gasteiger partial charge in [-0.3, -0.25) is 4.79 Å². The first kappa shape index (κ1) is 12.7. The Labute approximate surface area is 111 Å². The lowest BCUT2D eigenvalue weighted by Crippen LogP contribution is -2.25. The molecule has 4 nitrogen and oxygen atoms in total. The summed E-state index contributed by atoms with van der Waals surface area (Å²) >= 11 is 4.06. The standard InChI is InChI=1S/C13H15N3OS/c1-10-5-7-16(15-10)12-4-2-3-11(9-12)13(17)14-6-8-18/h2-5,7,9,18H,6,8H2,1H3,(H,14,17). The zero-order valence-electron chi connectivity index (χ0n) is 10.1. The Hall–Kier alpha value is -1.75. The van der Waals surface area contributed by atoms with Crippen molar-refractivity contribution in [3.05, 3.63) is 47.8 Å². The summed E-state index contributed by atoms with van der Waals surface area (Å²) in [6.45, 7) is 2.49. The number of hydrogen-bond acceptors (Lipinski definition) is 3. The molecule has 1 aromatic carbocycles. The molecule has 0 unspecified atom stereocenters. The molecular weight excluding hydrogens is 246 g/mol. The minimum atomic E-state index is -0.0882. The molecule has 5 heteroatoms. The SMILES string of the molecule is Cc1ccn(-c2cccc(C(=O)NCCS)c2)n1. The third-order valence-electron chi connectivity index (χ3n) is 2.49. The predicted octanol–water partition coefficient (Wildman–Crippen LogP) is 1.84. The van der Waals surface area contributed by atoms with Crippen LogP contribution in [0.4, 0.5) is 0 Å². The van der Waals surface area contributed by atoms with E-state index in [2.05, 4.69) is 23.0 Å². The first-order valence-corrected chi connectivity index (χ1v) is 6.36. The molecule has 94 valence electrons. The van der Waals surface area contributed by atoms with Crippen molar-refractivity contribution in [3.63, 3.8) is 0 Å². The third kappa shape index (κ3) is 2.92. The van der Waals surface area contributed by atoms with E-state index in [-0.39, 0.29) is 5.91 Å². The molecule has 0 bridgehead atoms. The first-order valence-electron chi connectivity index (χ1n) is 5.72. The van der Waals surface area contributed by atoms with Gasteiger partial charge in [-0.05, 0) is 31.2 Å². The highest BCUT2D eigenvalue weighted by Gasteiger charge is 2.06. The van der Waals surface area contributed by atoms with Crippen molar-refractivity contribution < 1.29 is 4.79 Å². The molecule has 0 saturated heterocycles. The molecule has 1 amide bonds. The van der Waals surface area contributed by atoms with Crippen molar-refractivity contribution in [2.45, 2.75) is 6.92 Å². The van der Waals surface area contributed by atoms with Gasteiger partial charge in [0.05, 0.1) is 11.4 Å². The molecule has 0 saturated carbocycles. The maximum atomic E-state index is 11.8. The van der Waals surface area contributed by atoms with Crippen LogP contribution >= 0.6 is 12.6 Å². The molecule has 0 fully saturated rings. The van der Waals surface area contributed by atoms with Crippen LogP contribution in [0.1, 0.15) is 16.1 Å². The topological polar surface area (TPSA) is 46.9 Å². The average Bonchev–Trinajstić information content (AvgIpc) is 2.83. The summed E-state index contributed by atoms with van der Waals surface area (Å²) in [7, 11) is 0. The zero-order valence-corrected chi connectivity index (χ0v) is 11.0. The summed E-state index contributed by atoms with van der Waals surface area (Å²) in [6, 6.07) is 9.30. The molecule has 1 heterocycles. The minimum Gasteiger partial charge on any atom is -0.351 e. The second-order valence-electron chi connectivity index (χ2n) is 3.93. The molecule has 2 rings (SSSR count). The van der Waals surface area contributed by atoms with Gasteiger partial charge in [-0.25, -0.2) is 4.68 Å². The molecule has 0 aliphatic carbocycles. The van der Waals surface area contributed by atoms with Gasteiger partial charge in [-0.1, -0.05) is 6.07 Å². The van der Waals surface area contributed by atoms with E-state index < -0.39 is 0 Å². The van der Waals surface area contributed by atoms with E-state index >= 15 is 0 Å². The van der Waals surface area contributed by atoms with Crippen LogP contribution in [-0.4, -0.2) is 28.0 Å². The number of aryl methyl sites for hydroxylation is 1. The van der Waals surface area contributed by atoms with Gasteiger partial charge in [0, 0.05) is 24.1 Å². The Morgan fingerprint density at radius 3 is 2.94 bits per heavy atom. The van der Waals surface area contributed by atoms with E-state index in [9.17, 15) is 4.79 Å². The summed E-state index contributed by atoms with van der Waals surface area (Å²) in [5.74, 6) is 0.541. The number of rotatable bonds is 4. The third-order valence-corrected chi connectivity index (χ3v) is 2.72. The van der Waals surface area contributed by atoms with E-state index in [0.717, 1.165) is 11.4 Å². The average molecular weight is 261 g/mol. The number of hydrogen-bond donors (Lipinski definition) is 2. The van der Waals surface area contributed by atoms with E-state index in [1.807, 2.05) is 37.4 Å². The van der Waals surface area contributed by atoms with Crippen molar-refractivity contribution in [1.82, 2.24) is 15.1 Å². The van der Waals surface area contributed by atoms with E-state index in [1.165, 1.54) is 0 Å². The van der Waals surface area contributed by atoms with Crippen LogP contribution in [0.2, 0.25) is 0 Å². The van der Waals surface area contributed by atoms with Crippen molar-refractivity contribution >= 4 is 18.5 Å². The lowest BCUT2D eigenvalue weighted by molar-refractivity contribution is 0.0956. The highest BCUT2D eigenvalue weighted by Crippen LogP contribution is 2.10. The lowest BCUT2D eigenvalue weighted by atomic mass is 10.2. The molecule has 18 heavy (non-hydrogen) atoms. The van der Waals surface area contributed by atoms with Gasteiger partial charge < -0.3 is 5.32 Å². The molecule has 0 radical (unpaired) electrons. The molecule has 2 aromatic rings. The Morgan fingerprint density at radius 2 is 2.28 bits per heavy atom. The second kappa shape index (κ2) is 5.73. The van der Waals surface area contributed by atoms with Crippen LogP contribution in [0.15, 0.2) is 36.5 Å². The summed E-state index contributed by atoms with van der Waals surface area (Å²) in [5, 5.41) is 7.10. The lowest BCUT2D eigenvalue weighted by Gasteiger charge is -2.06. The van der Waals surface area contributed by atoms with Crippen molar-refractivity contribution in [2.75, 3.05) is 12.3 Å². The van der Waals surface area contributed by atoms with E-state index in [0.29, 0.717) is 17.9 Å². The molecule has 0 aliphatic heterocycles. The van der Waals surface area contributed by atoms with Crippen LogP contribution in [0.3, 0.4) is 0 Å². The number of thiol groups is 1. The van der Waals surface area contributed by atoms with Crippen LogP contribution in [0, 0.1) is 6.92 Å². The normalized spacial score (nSPS) is 10.3. The molecule has 1 N–H and O–H groups in total. The van der Waals surface area contributed by atoms with Crippen molar-refractivity contribution in [1.29, 1.82) is 0 Å². The smallest absolute Gasteiger partial charge is 0.251 e. The zero-order chi connectivity index (χ0) is 13.0. The highest BCUT2D eigenvalue weighted by atomic mass is 32.1. The van der Waals surface area contributed by atoms with Crippen LogP contribution < -0.4 is 5.32 Å². The number of carbonyl (C=O) groups is 1. The minimum absolute atomic E-state index is 0.0882. The molecule has 1 aromatic heterocycles.